The summed E-state index contributed by atoms with van der Waals surface area (Å²) in [5, 5.41) is 7.56. The van der Waals surface area contributed by atoms with Gasteiger partial charge in [-0.2, -0.15) is 0 Å². The summed E-state index contributed by atoms with van der Waals surface area (Å²) in [6.45, 7) is 1.50. The Morgan fingerprint density at radius 2 is 1.54 bits per heavy atom. The van der Waals surface area contributed by atoms with Crippen molar-refractivity contribution in [3.8, 4) is 5.75 Å². The molecule has 0 aliphatic rings. The SMILES string of the molecule is O=C(NCCCNC(=O)c1cccs1)c1ccc(OCc2ccccc2)cc1. The molecule has 2 amide bonds. The zero-order valence-electron chi connectivity index (χ0n) is 15.4. The first-order chi connectivity index (χ1) is 13.7. The van der Waals surface area contributed by atoms with E-state index in [0.29, 0.717) is 36.6 Å². The molecule has 0 bridgehead atoms. The van der Waals surface area contributed by atoms with Crippen LogP contribution in [-0.4, -0.2) is 24.9 Å². The van der Waals surface area contributed by atoms with Crippen LogP contribution in [0.5, 0.6) is 5.75 Å². The molecule has 2 aromatic carbocycles. The predicted octanol–water partition coefficient (Wildman–Crippen LogP) is 3.88. The topological polar surface area (TPSA) is 67.4 Å². The summed E-state index contributed by atoms with van der Waals surface area (Å²) in [6.07, 6.45) is 0.668. The van der Waals surface area contributed by atoms with Gasteiger partial charge in [-0.15, -0.1) is 11.3 Å². The molecule has 3 rings (SSSR count). The van der Waals surface area contributed by atoms with Crippen molar-refractivity contribution < 1.29 is 14.3 Å². The normalized spacial score (nSPS) is 10.3. The smallest absolute Gasteiger partial charge is 0.261 e. The molecule has 0 aliphatic carbocycles. The third-order valence-electron chi connectivity index (χ3n) is 4.03. The molecule has 3 aromatic rings. The number of thiophene rings is 1. The number of carbonyl (C=O) groups is 2. The van der Waals surface area contributed by atoms with E-state index >= 15 is 0 Å². The molecule has 0 unspecified atom stereocenters. The van der Waals surface area contributed by atoms with E-state index in [1.54, 1.807) is 30.3 Å². The van der Waals surface area contributed by atoms with E-state index in [4.69, 9.17) is 4.74 Å². The number of amides is 2. The van der Waals surface area contributed by atoms with Crippen LogP contribution < -0.4 is 15.4 Å². The lowest BCUT2D eigenvalue weighted by Gasteiger charge is -2.08. The average Bonchev–Trinajstić information content (AvgIpc) is 3.28. The third-order valence-corrected chi connectivity index (χ3v) is 4.90. The Bertz CT molecular complexity index is 878. The third kappa shape index (κ3) is 5.96. The van der Waals surface area contributed by atoms with Crippen molar-refractivity contribution in [1.82, 2.24) is 10.6 Å². The Hall–Kier alpha value is -3.12. The maximum atomic E-state index is 12.2. The van der Waals surface area contributed by atoms with Crippen LogP contribution in [0, 0.1) is 0 Å². The maximum absolute atomic E-state index is 12.2. The van der Waals surface area contributed by atoms with E-state index in [0.717, 1.165) is 11.3 Å². The molecule has 5 nitrogen and oxygen atoms in total. The lowest BCUT2D eigenvalue weighted by Crippen LogP contribution is -2.29. The molecule has 144 valence electrons. The van der Waals surface area contributed by atoms with Gasteiger partial charge in [0.25, 0.3) is 11.8 Å². The average molecular weight is 394 g/mol. The zero-order valence-corrected chi connectivity index (χ0v) is 16.2. The molecule has 1 aromatic heterocycles. The summed E-state index contributed by atoms with van der Waals surface area (Å²) in [4.78, 5) is 24.7. The van der Waals surface area contributed by atoms with Crippen molar-refractivity contribution in [2.24, 2.45) is 0 Å². The first-order valence-electron chi connectivity index (χ1n) is 9.09. The van der Waals surface area contributed by atoms with E-state index in [1.807, 2.05) is 41.8 Å². The highest BCUT2D eigenvalue weighted by atomic mass is 32.1. The molecule has 0 atom stereocenters. The number of benzene rings is 2. The van der Waals surface area contributed by atoms with Gasteiger partial charge < -0.3 is 15.4 Å². The van der Waals surface area contributed by atoms with Crippen LogP contribution in [0.3, 0.4) is 0 Å². The first kappa shape index (κ1) is 19.6. The van der Waals surface area contributed by atoms with E-state index in [-0.39, 0.29) is 11.8 Å². The lowest BCUT2D eigenvalue weighted by molar-refractivity contribution is 0.0953. The van der Waals surface area contributed by atoms with Gasteiger partial charge in [0, 0.05) is 18.7 Å². The molecular weight excluding hydrogens is 372 g/mol. The van der Waals surface area contributed by atoms with E-state index in [9.17, 15) is 9.59 Å². The molecule has 0 radical (unpaired) electrons. The van der Waals surface area contributed by atoms with Gasteiger partial charge in [0.1, 0.15) is 12.4 Å². The number of rotatable bonds is 9. The van der Waals surface area contributed by atoms with Gasteiger partial charge in [-0.3, -0.25) is 9.59 Å². The molecule has 0 saturated carbocycles. The second-order valence-electron chi connectivity index (χ2n) is 6.14. The predicted molar refractivity (Wildman–Crippen MR) is 111 cm³/mol. The van der Waals surface area contributed by atoms with Gasteiger partial charge in [-0.1, -0.05) is 36.4 Å². The number of nitrogens with one attached hydrogen (secondary N) is 2. The molecular formula is C22H22N2O3S. The van der Waals surface area contributed by atoms with Crippen LogP contribution in [-0.2, 0) is 6.61 Å². The summed E-state index contributed by atoms with van der Waals surface area (Å²) in [7, 11) is 0. The zero-order chi connectivity index (χ0) is 19.6. The van der Waals surface area contributed by atoms with Crippen molar-refractivity contribution in [2.75, 3.05) is 13.1 Å². The largest absolute Gasteiger partial charge is 0.489 e. The Balaban J connectivity index is 1.35. The highest BCUT2D eigenvalue weighted by molar-refractivity contribution is 7.12. The van der Waals surface area contributed by atoms with Crippen molar-refractivity contribution in [1.29, 1.82) is 0 Å². The monoisotopic (exact) mass is 394 g/mol. The van der Waals surface area contributed by atoms with Crippen molar-refractivity contribution in [3.63, 3.8) is 0 Å². The van der Waals surface area contributed by atoms with Gasteiger partial charge in [0.2, 0.25) is 0 Å². The van der Waals surface area contributed by atoms with Gasteiger partial charge in [0.05, 0.1) is 4.88 Å². The van der Waals surface area contributed by atoms with Gasteiger partial charge in [-0.05, 0) is 47.7 Å². The second kappa shape index (κ2) is 10.3. The van der Waals surface area contributed by atoms with E-state index in [1.165, 1.54) is 11.3 Å². The lowest BCUT2D eigenvalue weighted by atomic mass is 10.2. The highest BCUT2D eigenvalue weighted by Crippen LogP contribution is 2.14. The van der Waals surface area contributed by atoms with Crippen molar-refractivity contribution in [3.05, 3.63) is 88.1 Å². The Labute approximate surface area is 168 Å². The Morgan fingerprint density at radius 3 is 2.21 bits per heavy atom. The van der Waals surface area contributed by atoms with Gasteiger partial charge in [-0.25, -0.2) is 0 Å². The fourth-order valence-corrected chi connectivity index (χ4v) is 3.17. The van der Waals surface area contributed by atoms with E-state index in [2.05, 4.69) is 10.6 Å². The van der Waals surface area contributed by atoms with Crippen LogP contribution in [0.15, 0.2) is 72.1 Å². The summed E-state index contributed by atoms with van der Waals surface area (Å²) in [5.74, 6) is 0.503. The maximum Gasteiger partial charge on any atom is 0.261 e. The molecule has 0 fully saturated rings. The highest BCUT2D eigenvalue weighted by Gasteiger charge is 2.07. The van der Waals surface area contributed by atoms with Gasteiger partial charge in [0.15, 0.2) is 0 Å². The van der Waals surface area contributed by atoms with Crippen LogP contribution in [0.1, 0.15) is 32.0 Å². The molecule has 1 heterocycles. The molecule has 2 N–H and O–H groups in total. The van der Waals surface area contributed by atoms with Crippen molar-refractivity contribution >= 4 is 23.2 Å². The Kier molecular flexibility index (Phi) is 7.21. The molecule has 0 spiro atoms. The summed E-state index contributed by atoms with van der Waals surface area (Å²) >= 11 is 1.41. The fourth-order valence-electron chi connectivity index (χ4n) is 2.53. The van der Waals surface area contributed by atoms with Crippen LogP contribution in [0.2, 0.25) is 0 Å². The first-order valence-corrected chi connectivity index (χ1v) is 9.97. The standard InChI is InChI=1S/C22H22N2O3S/c25-21(23-13-5-14-24-22(26)20-8-4-15-28-20)18-9-11-19(12-10-18)27-16-17-6-2-1-3-7-17/h1-4,6-12,15H,5,13-14,16H2,(H,23,25)(H,24,26). The van der Waals surface area contributed by atoms with Crippen molar-refractivity contribution in [2.45, 2.75) is 13.0 Å². The minimum atomic E-state index is -0.140. The minimum Gasteiger partial charge on any atom is -0.489 e. The molecule has 0 aliphatic heterocycles. The summed E-state index contributed by atoms with van der Waals surface area (Å²) in [6, 6.07) is 20.6. The van der Waals surface area contributed by atoms with Crippen LogP contribution in [0.25, 0.3) is 0 Å². The number of carbonyl (C=O) groups excluding carboxylic acids is 2. The number of hydrogen-bond donors (Lipinski definition) is 2. The van der Waals surface area contributed by atoms with Crippen LogP contribution in [0.4, 0.5) is 0 Å². The minimum absolute atomic E-state index is 0.0765. The second-order valence-corrected chi connectivity index (χ2v) is 7.09. The summed E-state index contributed by atoms with van der Waals surface area (Å²) < 4.78 is 5.72. The molecule has 28 heavy (non-hydrogen) atoms. The summed E-state index contributed by atoms with van der Waals surface area (Å²) in [5.41, 5.74) is 1.67. The van der Waals surface area contributed by atoms with Gasteiger partial charge >= 0.3 is 0 Å². The number of ether oxygens (including phenoxy) is 1. The molecule has 6 heteroatoms. The van der Waals surface area contributed by atoms with Crippen LogP contribution >= 0.6 is 11.3 Å². The number of hydrogen-bond acceptors (Lipinski definition) is 4. The van der Waals surface area contributed by atoms with E-state index < -0.39 is 0 Å². The Morgan fingerprint density at radius 1 is 0.821 bits per heavy atom. The molecule has 0 saturated heterocycles. The fraction of sp³-hybridized carbons (Fsp3) is 0.182. The quantitative estimate of drug-likeness (QED) is 0.541.